The molecule has 0 bridgehead atoms. The molecular weight excluding hydrogens is 418 g/mol. The number of nitrogens with one attached hydrogen (secondary N) is 1. The van der Waals surface area contributed by atoms with Crippen molar-refractivity contribution < 1.29 is 38.8 Å². The van der Waals surface area contributed by atoms with Crippen molar-refractivity contribution in [3.63, 3.8) is 0 Å². The molecule has 164 valence electrons. The highest BCUT2D eigenvalue weighted by Crippen LogP contribution is 2.32. The maximum atomic E-state index is 12.8. The molecule has 9 heteroatoms. The lowest BCUT2D eigenvalue weighted by Gasteiger charge is -2.14. The highest BCUT2D eigenvalue weighted by molar-refractivity contribution is 6.07. The van der Waals surface area contributed by atoms with Gasteiger partial charge in [0.15, 0.2) is 5.75 Å². The Morgan fingerprint density at radius 1 is 0.719 bits per heavy atom. The second kappa shape index (κ2) is 9.52. The van der Waals surface area contributed by atoms with E-state index >= 15 is 0 Å². The maximum absolute atomic E-state index is 12.8. The number of amides is 1. The third kappa shape index (κ3) is 4.78. The van der Waals surface area contributed by atoms with E-state index in [1.165, 1.54) is 20.3 Å². The van der Waals surface area contributed by atoms with Crippen LogP contribution in [0.2, 0.25) is 0 Å². The van der Waals surface area contributed by atoms with Gasteiger partial charge in [-0.3, -0.25) is 4.79 Å². The summed E-state index contributed by atoms with van der Waals surface area (Å²) in [6.07, 6.45) is 0. The maximum Gasteiger partial charge on any atom is 0.336 e. The topological polar surface area (TPSA) is 131 Å². The average Bonchev–Trinajstić information content (AvgIpc) is 2.79. The molecule has 3 aromatic carbocycles. The molecule has 0 atom stereocenters. The van der Waals surface area contributed by atoms with Gasteiger partial charge in [-0.2, -0.15) is 0 Å². The van der Waals surface area contributed by atoms with Crippen LogP contribution < -0.4 is 19.5 Å². The van der Waals surface area contributed by atoms with Crippen molar-refractivity contribution in [2.24, 2.45) is 0 Å². The molecule has 3 rings (SSSR count). The molecule has 0 aliphatic heterocycles. The van der Waals surface area contributed by atoms with E-state index in [1.807, 2.05) is 0 Å². The van der Waals surface area contributed by atoms with Crippen LogP contribution in [0.4, 0.5) is 5.69 Å². The quantitative estimate of drug-likeness (QED) is 0.479. The molecule has 3 aromatic rings. The minimum atomic E-state index is -1.40. The Balaban J connectivity index is 1.89. The Hall–Kier alpha value is -4.53. The summed E-state index contributed by atoms with van der Waals surface area (Å²) in [4.78, 5) is 35.5. The number of carboxylic acid groups (broad SMARTS) is 2. The molecule has 3 N–H and O–H groups in total. The van der Waals surface area contributed by atoms with Crippen LogP contribution >= 0.6 is 0 Å². The fourth-order valence-corrected chi connectivity index (χ4v) is 2.91. The fourth-order valence-electron chi connectivity index (χ4n) is 2.91. The van der Waals surface area contributed by atoms with Gasteiger partial charge in [0.25, 0.3) is 5.91 Å². The van der Waals surface area contributed by atoms with E-state index in [0.29, 0.717) is 17.2 Å². The third-order valence-corrected chi connectivity index (χ3v) is 4.47. The number of methoxy groups -OCH3 is 2. The summed E-state index contributed by atoms with van der Waals surface area (Å²) in [5.74, 6) is -2.07. The number of hydrogen-bond donors (Lipinski definition) is 3. The van der Waals surface area contributed by atoms with Crippen molar-refractivity contribution >= 4 is 23.5 Å². The fraction of sp³-hybridized carbons (Fsp3) is 0.0870. The summed E-state index contributed by atoms with van der Waals surface area (Å²) < 4.78 is 16.1. The number of rotatable bonds is 8. The predicted molar refractivity (Wildman–Crippen MR) is 114 cm³/mol. The van der Waals surface area contributed by atoms with Gasteiger partial charge in [-0.1, -0.05) is 12.1 Å². The summed E-state index contributed by atoms with van der Waals surface area (Å²) in [5, 5.41) is 21.2. The Morgan fingerprint density at radius 2 is 1.38 bits per heavy atom. The molecule has 0 unspecified atom stereocenters. The Bertz CT molecular complexity index is 1190. The third-order valence-electron chi connectivity index (χ3n) is 4.47. The van der Waals surface area contributed by atoms with Gasteiger partial charge < -0.3 is 29.7 Å². The van der Waals surface area contributed by atoms with E-state index in [-0.39, 0.29) is 22.6 Å². The number of aromatic carboxylic acids is 2. The second-order valence-electron chi connectivity index (χ2n) is 6.44. The van der Waals surface area contributed by atoms with Crippen molar-refractivity contribution in [1.82, 2.24) is 0 Å². The lowest BCUT2D eigenvalue weighted by molar-refractivity contribution is 0.0651. The predicted octanol–water partition coefficient (Wildman–Crippen LogP) is 4.14. The van der Waals surface area contributed by atoms with E-state index in [4.69, 9.17) is 19.3 Å². The van der Waals surface area contributed by atoms with Crippen LogP contribution in [0.3, 0.4) is 0 Å². The van der Waals surface area contributed by atoms with Crippen LogP contribution in [0.5, 0.6) is 23.0 Å². The van der Waals surface area contributed by atoms with Crippen molar-refractivity contribution in [3.05, 3.63) is 77.4 Å². The number of ether oxygens (including phenoxy) is 3. The zero-order valence-corrected chi connectivity index (χ0v) is 17.1. The zero-order valence-electron chi connectivity index (χ0n) is 17.1. The summed E-state index contributed by atoms with van der Waals surface area (Å²) in [5.41, 5.74) is -0.200. The molecule has 1 amide bonds. The monoisotopic (exact) mass is 437 g/mol. The highest BCUT2D eigenvalue weighted by atomic mass is 16.5. The number of carboxylic acids is 2. The van der Waals surface area contributed by atoms with E-state index < -0.39 is 23.4 Å². The minimum absolute atomic E-state index is 0.0936. The summed E-state index contributed by atoms with van der Waals surface area (Å²) in [6, 6.07) is 14.9. The molecule has 32 heavy (non-hydrogen) atoms. The molecule has 0 heterocycles. The average molecular weight is 437 g/mol. The number of carbonyl (C=O) groups excluding carboxylic acids is 1. The Morgan fingerprint density at radius 3 is 2.03 bits per heavy atom. The van der Waals surface area contributed by atoms with Crippen LogP contribution in [0.15, 0.2) is 60.7 Å². The Kier molecular flexibility index (Phi) is 6.59. The summed E-state index contributed by atoms with van der Waals surface area (Å²) in [6.45, 7) is 0. The molecule has 0 fully saturated rings. The van der Waals surface area contributed by atoms with Crippen LogP contribution in [0, 0.1) is 0 Å². The smallest absolute Gasteiger partial charge is 0.336 e. The molecule has 0 saturated heterocycles. The van der Waals surface area contributed by atoms with Crippen molar-refractivity contribution in [2.75, 3.05) is 19.5 Å². The Labute approximate surface area is 182 Å². The van der Waals surface area contributed by atoms with Gasteiger partial charge in [0.2, 0.25) is 0 Å². The standard InChI is InChI=1S/C23H19NO8/c1-30-13-7-10-16(20(12-13)31-2)21(25)24-18-5-3-4-6-19(18)32-14-8-9-15(22(26)27)17(11-14)23(28)29/h3-12H,1-2H3,(H,24,25)(H,26,27)(H,28,29). The van der Waals surface area contributed by atoms with Gasteiger partial charge in [-0.05, 0) is 42.5 Å². The zero-order chi connectivity index (χ0) is 23.3. The van der Waals surface area contributed by atoms with Crippen LogP contribution in [0.1, 0.15) is 31.1 Å². The molecule has 0 aliphatic rings. The first-order chi connectivity index (χ1) is 15.3. The number of hydrogen-bond acceptors (Lipinski definition) is 6. The van der Waals surface area contributed by atoms with Gasteiger partial charge >= 0.3 is 11.9 Å². The van der Waals surface area contributed by atoms with E-state index in [9.17, 15) is 19.5 Å². The van der Waals surface area contributed by atoms with E-state index in [0.717, 1.165) is 12.1 Å². The normalized spacial score (nSPS) is 10.2. The van der Waals surface area contributed by atoms with Crippen LogP contribution in [0.25, 0.3) is 0 Å². The minimum Gasteiger partial charge on any atom is -0.497 e. The highest BCUT2D eigenvalue weighted by Gasteiger charge is 2.19. The van der Waals surface area contributed by atoms with Crippen LogP contribution in [-0.2, 0) is 0 Å². The van der Waals surface area contributed by atoms with E-state index in [2.05, 4.69) is 5.32 Å². The number of anilines is 1. The van der Waals surface area contributed by atoms with Crippen molar-refractivity contribution in [1.29, 1.82) is 0 Å². The first-order valence-electron chi connectivity index (χ1n) is 9.25. The second-order valence-corrected chi connectivity index (χ2v) is 6.44. The first kappa shape index (κ1) is 22.2. The molecule has 0 aromatic heterocycles. The van der Waals surface area contributed by atoms with Gasteiger partial charge in [0, 0.05) is 6.07 Å². The van der Waals surface area contributed by atoms with Gasteiger partial charge in [-0.25, -0.2) is 9.59 Å². The van der Waals surface area contributed by atoms with Gasteiger partial charge in [0.05, 0.1) is 36.6 Å². The van der Waals surface area contributed by atoms with Crippen molar-refractivity contribution in [2.45, 2.75) is 0 Å². The number of para-hydroxylation sites is 2. The molecule has 0 aliphatic carbocycles. The van der Waals surface area contributed by atoms with Crippen LogP contribution in [-0.4, -0.2) is 42.3 Å². The molecule has 0 radical (unpaired) electrons. The number of benzene rings is 3. The largest absolute Gasteiger partial charge is 0.497 e. The summed E-state index contributed by atoms with van der Waals surface area (Å²) >= 11 is 0. The number of carbonyl (C=O) groups is 3. The SMILES string of the molecule is COc1ccc(C(=O)Nc2ccccc2Oc2ccc(C(=O)O)c(C(=O)O)c2)c(OC)c1. The lowest BCUT2D eigenvalue weighted by Crippen LogP contribution is -2.14. The van der Waals surface area contributed by atoms with Gasteiger partial charge in [-0.15, -0.1) is 0 Å². The molecule has 0 saturated carbocycles. The lowest BCUT2D eigenvalue weighted by atomic mass is 10.1. The van der Waals surface area contributed by atoms with E-state index in [1.54, 1.807) is 42.5 Å². The van der Waals surface area contributed by atoms with Crippen molar-refractivity contribution in [3.8, 4) is 23.0 Å². The summed E-state index contributed by atoms with van der Waals surface area (Å²) in [7, 11) is 2.93. The molecular formula is C23H19NO8. The molecule has 0 spiro atoms. The molecule has 9 nitrogen and oxygen atoms in total. The van der Waals surface area contributed by atoms with Gasteiger partial charge in [0.1, 0.15) is 17.2 Å². The first-order valence-corrected chi connectivity index (χ1v) is 9.25.